The maximum Gasteiger partial charge on any atom is 0.283 e. The smallest absolute Gasteiger partial charge is 0.266 e. The Morgan fingerprint density at radius 1 is 1.06 bits per heavy atom. The number of carbonyl (C=O) groups excluding carboxylic acids is 1. The summed E-state index contributed by atoms with van der Waals surface area (Å²) < 4.78 is 2.77. The van der Waals surface area contributed by atoms with Gasteiger partial charge in [0.25, 0.3) is 5.91 Å². The van der Waals surface area contributed by atoms with Gasteiger partial charge in [-0.15, -0.1) is 11.3 Å². The molecule has 5 rings (SSSR count). The van der Waals surface area contributed by atoms with Crippen molar-refractivity contribution in [2.24, 2.45) is 5.10 Å². The fraction of sp³-hybridized carbons (Fsp3) is 0.0385. The summed E-state index contributed by atoms with van der Waals surface area (Å²) in [5.74, 6) is -0.343. The van der Waals surface area contributed by atoms with Gasteiger partial charge >= 0.3 is 0 Å². The molecule has 33 heavy (non-hydrogen) atoms. The van der Waals surface area contributed by atoms with Gasteiger partial charge in [-0.2, -0.15) is 10.2 Å². The second kappa shape index (κ2) is 9.02. The van der Waals surface area contributed by atoms with Gasteiger partial charge in [0.1, 0.15) is 10.6 Å². The summed E-state index contributed by atoms with van der Waals surface area (Å²) in [4.78, 5) is 13.2. The fourth-order valence-corrected chi connectivity index (χ4v) is 4.99. The molecule has 0 saturated carbocycles. The number of hydrogen-bond donors (Lipinski definition) is 1. The van der Waals surface area contributed by atoms with Crippen molar-refractivity contribution < 1.29 is 4.79 Å². The number of thiophene rings is 1. The van der Waals surface area contributed by atoms with Gasteiger partial charge in [-0.25, -0.2) is 10.1 Å². The number of hydrogen-bond acceptors (Lipinski definition) is 4. The molecule has 0 saturated heterocycles. The average molecular weight is 471 g/mol. The van der Waals surface area contributed by atoms with Crippen LogP contribution in [0.25, 0.3) is 27.0 Å². The van der Waals surface area contributed by atoms with Crippen LogP contribution in [-0.2, 0) is 0 Å². The topological polar surface area (TPSA) is 59.3 Å². The molecule has 0 spiro atoms. The molecule has 0 unspecified atom stereocenters. The number of hydrazone groups is 1. The number of rotatable bonds is 5. The highest BCUT2D eigenvalue weighted by Crippen LogP contribution is 2.35. The number of amides is 1. The molecule has 0 aliphatic rings. The quantitative estimate of drug-likeness (QED) is 0.236. The lowest BCUT2D eigenvalue weighted by atomic mass is 10.1. The van der Waals surface area contributed by atoms with Gasteiger partial charge in [0.2, 0.25) is 0 Å². The van der Waals surface area contributed by atoms with Crippen molar-refractivity contribution in [1.82, 2.24) is 15.2 Å². The minimum Gasteiger partial charge on any atom is -0.266 e. The monoisotopic (exact) mass is 470 g/mol. The number of nitrogens with one attached hydrogen (secondary N) is 1. The van der Waals surface area contributed by atoms with E-state index in [1.165, 1.54) is 11.3 Å². The highest BCUT2D eigenvalue weighted by Gasteiger charge is 2.17. The first-order chi connectivity index (χ1) is 16.1. The van der Waals surface area contributed by atoms with Crippen LogP contribution in [-0.4, -0.2) is 21.9 Å². The van der Waals surface area contributed by atoms with E-state index in [9.17, 15) is 4.79 Å². The van der Waals surface area contributed by atoms with Crippen molar-refractivity contribution in [2.45, 2.75) is 6.92 Å². The van der Waals surface area contributed by atoms with Gasteiger partial charge in [-0.3, -0.25) is 4.79 Å². The molecule has 0 radical (unpaired) electrons. The van der Waals surface area contributed by atoms with E-state index in [1.54, 1.807) is 6.21 Å². The number of aromatic nitrogens is 2. The molecule has 7 heteroatoms. The summed E-state index contributed by atoms with van der Waals surface area (Å²) in [6.45, 7) is 2.04. The number of nitrogens with zero attached hydrogens (tertiary/aromatic N) is 3. The number of para-hydroxylation sites is 1. The predicted octanol–water partition coefficient (Wildman–Crippen LogP) is 6.48. The molecular formula is C26H19ClN4OS. The Kier molecular flexibility index (Phi) is 5.77. The van der Waals surface area contributed by atoms with Crippen molar-refractivity contribution in [3.63, 3.8) is 0 Å². The summed E-state index contributed by atoms with van der Waals surface area (Å²) in [5.41, 5.74) is 7.22. The number of benzene rings is 3. The number of fused-ring (bicyclic) bond motifs is 1. The van der Waals surface area contributed by atoms with Crippen LogP contribution in [0.1, 0.15) is 20.8 Å². The summed E-state index contributed by atoms with van der Waals surface area (Å²) in [5, 5.41) is 10.3. The van der Waals surface area contributed by atoms with Gasteiger partial charge < -0.3 is 0 Å². The Labute approximate surface area is 200 Å². The summed E-state index contributed by atoms with van der Waals surface area (Å²) in [7, 11) is 0. The third kappa shape index (κ3) is 4.31. The van der Waals surface area contributed by atoms with Gasteiger partial charge in [0.05, 0.1) is 16.9 Å². The molecule has 0 atom stereocenters. The zero-order valence-electron chi connectivity index (χ0n) is 17.7. The van der Waals surface area contributed by atoms with E-state index >= 15 is 0 Å². The van der Waals surface area contributed by atoms with Gasteiger partial charge in [-0.1, -0.05) is 71.8 Å². The molecule has 5 nitrogen and oxygen atoms in total. The molecule has 0 aliphatic heterocycles. The average Bonchev–Trinajstić information content (AvgIpc) is 3.41. The summed E-state index contributed by atoms with van der Waals surface area (Å²) in [6, 6.07) is 25.7. The fourth-order valence-electron chi connectivity index (χ4n) is 3.58. The van der Waals surface area contributed by atoms with E-state index in [0.717, 1.165) is 38.2 Å². The van der Waals surface area contributed by atoms with Crippen molar-refractivity contribution in [1.29, 1.82) is 0 Å². The number of halogens is 1. The largest absolute Gasteiger partial charge is 0.283 e. The second-order valence-electron chi connectivity index (χ2n) is 7.52. The Hall–Kier alpha value is -3.74. The summed E-state index contributed by atoms with van der Waals surface area (Å²) in [6.07, 6.45) is 3.51. The normalized spacial score (nSPS) is 11.3. The zero-order valence-corrected chi connectivity index (χ0v) is 19.3. The molecule has 1 amide bonds. The molecule has 2 aromatic heterocycles. The van der Waals surface area contributed by atoms with Crippen LogP contribution < -0.4 is 5.43 Å². The Bertz CT molecular complexity index is 1490. The molecule has 0 fully saturated rings. The molecule has 1 N–H and O–H groups in total. The molecule has 5 aromatic rings. The van der Waals surface area contributed by atoms with E-state index in [4.69, 9.17) is 16.7 Å². The molecule has 2 heterocycles. The van der Waals surface area contributed by atoms with Crippen molar-refractivity contribution in [2.75, 3.05) is 0 Å². The molecule has 162 valence electrons. The Morgan fingerprint density at radius 3 is 2.64 bits per heavy atom. The first-order valence-corrected chi connectivity index (χ1v) is 11.5. The van der Waals surface area contributed by atoms with Crippen LogP contribution in [0.5, 0.6) is 0 Å². The van der Waals surface area contributed by atoms with E-state index in [1.807, 2.05) is 90.6 Å². The molecular weight excluding hydrogens is 452 g/mol. The van der Waals surface area contributed by atoms with Crippen molar-refractivity contribution in [3.05, 3.63) is 106 Å². The number of carbonyl (C=O) groups is 1. The summed E-state index contributed by atoms with van der Waals surface area (Å²) >= 11 is 7.77. The lowest BCUT2D eigenvalue weighted by Crippen LogP contribution is -2.16. The van der Waals surface area contributed by atoms with E-state index in [2.05, 4.69) is 16.6 Å². The first-order valence-electron chi connectivity index (χ1n) is 10.3. The zero-order chi connectivity index (χ0) is 22.8. The maximum atomic E-state index is 12.7. The van der Waals surface area contributed by atoms with Crippen LogP contribution in [0.3, 0.4) is 0 Å². The third-order valence-corrected chi connectivity index (χ3v) is 6.84. The first kappa shape index (κ1) is 21.1. The van der Waals surface area contributed by atoms with Gasteiger partial charge in [0, 0.05) is 27.4 Å². The van der Waals surface area contributed by atoms with Gasteiger partial charge in [-0.05, 0) is 31.2 Å². The Morgan fingerprint density at radius 2 is 1.85 bits per heavy atom. The molecule has 0 aliphatic carbocycles. The van der Waals surface area contributed by atoms with Crippen LogP contribution in [0.2, 0.25) is 5.02 Å². The minimum absolute atomic E-state index is 0.343. The van der Waals surface area contributed by atoms with E-state index < -0.39 is 0 Å². The van der Waals surface area contributed by atoms with E-state index in [-0.39, 0.29) is 5.91 Å². The highest BCUT2D eigenvalue weighted by molar-refractivity contribution is 7.21. The van der Waals surface area contributed by atoms with Crippen molar-refractivity contribution in [3.8, 4) is 16.9 Å². The SMILES string of the molecule is Cc1cccc(-c2nn(-c3ccccc3)cc2C=NNC(=O)c2sc3ccccc3c2Cl)c1. The Balaban J connectivity index is 1.46. The van der Waals surface area contributed by atoms with Crippen LogP contribution in [0.4, 0.5) is 0 Å². The highest BCUT2D eigenvalue weighted by atomic mass is 35.5. The lowest BCUT2D eigenvalue weighted by Gasteiger charge is -2.01. The molecule has 0 bridgehead atoms. The third-order valence-electron chi connectivity index (χ3n) is 5.17. The maximum absolute atomic E-state index is 12.7. The van der Waals surface area contributed by atoms with E-state index in [0.29, 0.717) is 9.90 Å². The number of aryl methyl sites for hydroxylation is 1. The second-order valence-corrected chi connectivity index (χ2v) is 8.95. The molecule has 3 aromatic carbocycles. The lowest BCUT2D eigenvalue weighted by molar-refractivity contribution is 0.0959. The predicted molar refractivity (Wildman–Crippen MR) is 136 cm³/mol. The van der Waals surface area contributed by atoms with Crippen molar-refractivity contribution >= 4 is 45.1 Å². The standard InChI is InChI=1S/C26H19ClN4OS/c1-17-8-7-9-18(14-17)24-19(16-31(30-24)20-10-3-2-4-11-20)15-28-29-26(32)25-23(27)21-12-5-6-13-22(21)33-25/h2-16H,1H3,(H,29,32). The minimum atomic E-state index is -0.343. The van der Waals surface area contributed by atoms with Gasteiger partial charge in [0.15, 0.2) is 0 Å². The van der Waals surface area contributed by atoms with Crippen LogP contribution in [0.15, 0.2) is 90.2 Å². The van der Waals surface area contributed by atoms with Crippen LogP contribution >= 0.6 is 22.9 Å². The van der Waals surface area contributed by atoms with Crippen LogP contribution in [0, 0.1) is 6.92 Å².